The molecule has 2 aliphatic carbocycles. The van der Waals surface area contributed by atoms with E-state index in [0.717, 1.165) is 93.0 Å². The molecule has 10 heteroatoms. The van der Waals surface area contributed by atoms with E-state index in [1.165, 1.54) is 6.42 Å². The van der Waals surface area contributed by atoms with Crippen LogP contribution in [0, 0.1) is 0 Å². The summed E-state index contributed by atoms with van der Waals surface area (Å²) in [6.07, 6.45) is 12.7. The van der Waals surface area contributed by atoms with Crippen LogP contribution >= 0.6 is 7.75 Å². The highest BCUT2D eigenvalue weighted by Crippen LogP contribution is 2.47. The lowest BCUT2D eigenvalue weighted by molar-refractivity contribution is -0.149. The van der Waals surface area contributed by atoms with Crippen molar-refractivity contribution < 1.29 is 27.9 Å². The molecule has 0 bridgehead atoms. The number of carbonyl (C=O) groups excluding carboxylic acids is 1. The first kappa shape index (κ1) is 29.1. The van der Waals surface area contributed by atoms with Crippen molar-refractivity contribution in [3.8, 4) is 5.75 Å². The van der Waals surface area contributed by atoms with Crippen LogP contribution in [-0.2, 0) is 36.3 Å². The number of nitrogens with one attached hydrogen (secondary N) is 1. The number of benzene rings is 1. The van der Waals surface area contributed by atoms with E-state index in [9.17, 15) is 9.36 Å². The van der Waals surface area contributed by atoms with Crippen LogP contribution in [0.25, 0.3) is 10.9 Å². The molecule has 2 fully saturated rings. The van der Waals surface area contributed by atoms with Gasteiger partial charge in [-0.05, 0) is 82.8 Å². The van der Waals surface area contributed by atoms with Gasteiger partial charge < -0.3 is 18.9 Å². The van der Waals surface area contributed by atoms with Gasteiger partial charge in [-0.25, -0.2) is 9.65 Å². The third kappa shape index (κ3) is 8.30. The number of hydrogen-bond acceptors (Lipinski definition) is 7. The van der Waals surface area contributed by atoms with E-state index in [1.807, 2.05) is 43.1 Å². The molecule has 4 rings (SSSR count). The zero-order chi connectivity index (χ0) is 27.0. The number of carbonyl (C=O) groups is 1. The van der Waals surface area contributed by atoms with Crippen molar-refractivity contribution in [1.82, 2.24) is 14.6 Å². The number of likely N-dealkylation sites (N-methyl/N-ethyl adjacent to an activating group) is 1. The normalized spacial score (nSPS) is 19.1. The van der Waals surface area contributed by atoms with Crippen LogP contribution in [0.3, 0.4) is 0 Å². The second-order valence-electron chi connectivity index (χ2n) is 10.8. The van der Waals surface area contributed by atoms with E-state index in [0.29, 0.717) is 0 Å². The number of hydrogen-bond donors (Lipinski definition) is 1. The minimum Gasteiger partial charge on any atom is -0.497 e. The predicted molar refractivity (Wildman–Crippen MR) is 148 cm³/mol. The number of rotatable bonds is 13. The Morgan fingerprint density at radius 3 is 2.39 bits per heavy atom. The molecule has 1 atom stereocenters. The highest BCUT2D eigenvalue weighted by Gasteiger charge is 2.32. The van der Waals surface area contributed by atoms with E-state index in [4.69, 9.17) is 18.5 Å². The first-order chi connectivity index (χ1) is 18.3. The summed E-state index contributed by atoms with van der Waals surface area (Å²) in [6, 6.07) is 5.92. The van der Waals surface area contributed by atoms with Crippen molar-refractivity contribution in [3.63, 3.8) is 0 Å². The van der Waals surface area contributed by atoms with Crippen LogP contribution in [-0.4, -0.2) is 61.9 Å². The van der Waals surface area contributed by atoms with Gasteiger partial charge in [0.1, 0.15) is 25.1 Å². The highest BCUT2D eigenvalue weighted by molar-refractivity contribution is 7.51. The maximum absolute atomic E-state index is 13.9. The maximum atomic E-state index is 13.9. The van der Waals surface area contributed by atoms with Crippen LogP contribution in [0.15, 0.2) is 24.4 Å². The molecule has 0 aliphatic heterocycles. The summed E-state index contributed by atoms with van der Waals surface area (Å²) < 4.78 is 39.0. The standard InChI is InChI=1S/C28H44N3O6P/c1-30(2)17-16-22-20-31(27-15-14-25(34-3)18-26(22)27)21-35-38(33,37-24-12-8-5-9-13-24)29-19-28(32)36-23-10-6-4-7-11-23/h14-15,18,20,23-24H,4-13,16-17,19,21H2,1-3H3,(H,29,33). The molecular weight excluding hydrogens is 505 g/mol. The number of aromatic nitrogens is 1. The van der Waals surface area contributed by atoms with E-state index < -0.39 is 13.7 Å². The van der Waals surface area contributed by atoms with Crippen molar-refractivity contribution >= 4 is 24.6 Å². The van der Waals surface area contributed by atoms with Gasteiger partial charge in [0, 0.05) is 18.1 Å². The quantitative estimate of drug-likeness (QED) is 0.253. The lowest BCUT2D eigenvalue weighted by Crippen LogP contribution is -2.30. The van der Waals surface area contributed by atoms with Crippen LogP contribution < -0.4 is 9.82 Å². The van der Waals surface area contributed by atoms with E-state index in [1.54, 1.807) is 7.11 Å². The Labute approximate surface area is 226 Å². The molecule has 2 saturated carbocycles. The molecule has 2 aliphatic rings. The van der Waals surface area contributed by atoms with Gasteiger partial charge in [-0.2, -0.15) is 0 Å². The fourth-order valence-electron chi connectivity index (χ4n) is 5.32. The third-order valence-electron chi connectivity index (χ3n) is 7.47. The van der Waals surface area contributed by atoms with Crippen molar-refractivity contribution in [2.75, 3.05) is 34.3 Å². The number of ether oxygens (including phenoxy) is 2. The first-order valence-corrected chi connectivity index (χ1v) is 15.6. The molecule has 1 heterocycles. The fourth-order valence-corrected chi connectivity index (χ4v) is 6.75. The smallest absolute Gasteiger partial charge is 0.408 e. The van der Waals surface area contributed by atoms with Gasteiger partial charge in [0.05, 0.1) is 18.7 Å². The van der Waals surface area contributed by atoms with Crippen molar-refractivity contribution in [1.29, 1.82) is 0 Å². The second-order valence-corrected chi connectivity index (χ2v) is 12.5. The monoisotopic (exact) mass is 549 g/mol. The Morgan fingerprint density at radius 1 is 1.05 bits per heavy atom. The largest absolute Gasteiger partial charge is 0.497 e. The predicted octanol–water partition coefficient (Wildman–Crippen LogP) is 5.65. The van der Waals surface area contributed by atoms with Crippen LogP contribution in [0.5, 0.6) is 5.75 Å². The summed E-state index contributed by atoms with van der Waals surface area (Å²) in [4.78, 5) is 14.7. The number of esters is 1. The fraction of sp³-hybridized carbons (Fsp3) is 0.679. The van der Waals surface area contributed by atoms with Crippen LogP contribution in [0.1, 0.15) is 69.8 Å². The molecule has 9 nitrogen and oxygen atoms in total. The minimum absolute atomic E-state index is 0.0272. The van der Waals surface area contributed by atoms with Gasteiger partial charge in [0.15, 0.2) is 0 Å². The molecule has 212 valence electrons. The van der Waals surface area contributed by atoms with Crippen molar-refractivity contribution in [3.05, 3.63) is 30.0 Å². The van der Waals surface area contributed by atoms with Gasteiger partial charge in [-0.3, -0.25) is 13.8 Å². The SMILES string of the molecule is COc1ccc2c(c1)c(CCN(C)C)cn2COP(=O)(NCC(=O)OC1CCCCC1)OC1CCCCC1. The van der Waals surface area contributed by atoms with Gasteiger partial charge in [0.2, 0.25) is 0 Å². The molecule has 1 N–H and O–H groups in total. The molecule has 0 amide bonds. The van der Waals surface area contributed by atoms with Crippen molar-refractivity contribution in [2.24, 2.45) is 0 Å². The number of methoxy groups -OCH3 is 1. The number of fused-ring (bicyclic) bond motifs is 1. The molecule has 38 heavy (non-hydrogen) atoms. The van der Waals surface area contributed by atoms with Gasteiger partial charge >= 0.3 is 13.7 Å². The number of nitrogens with zero attached hydrogens (tertiary/aromatic N) is 2. The lowest BCUT2D eigenvalue weighted by Gasteiger charge is -2.28. The molecule has 1 aromatic heterocycles. The Hall–Kier alpha value is -1.90. The van der Waals surface area contributed by atoms with Crippen LogP contribution in [0.4, 0.5) is 0 Å². The Balaban J connectivity index is 1.47. The minimum atomic E-state index is -3.78. The summed E-state index contributed by atoms with van der Waals surface area (Å²) in [6.45, 7) is 0.711. The van der Waals surface area contributed by atoms with Crippen molar-refractivity contribution in [2.45, 2.75) is 89.6 Å². The Bertz CT molecular complexity index is 1090. The molecule has 0 radical (unpaired) electrons. The molecule has 1 aromatic carbocycles. The van der Waals surface area contributed by atoms with Gasteiger partial charge in [-0.15, -0.1) is 0 Å². The zero-order valence-corrected chi connectivity index (χ0v) is 24.0. The first-order valence-electron chi connectivity index (χ1n) is 14.0. The third-order valence-corrected chi connectivity index (χ3v) is 9.05. The topological polar surface area (TPSA) is 91.3 Å². The second kappa shape index (κ2) is 13.9. The lowest BCUT2D eigenvalue weighted by atomic mass is 9.98. The molecule has 2 aromatic rings. The Morgan fingerprint density at radius 2 is 1.74 bits per heavy atom. The molecule has 1 unspecified atom stereocenters. The summed E-state index contributed by atoms with van der Waals surface area (Å²) in [5, 5.41) is 3.88. The van der Waals surface area contributed by atoms with E-state index >= 15 is 0 Å². The summed E-state index contributed by atoms with van der Waals surface area (Å²) in [7, 11) is 1.97. The molecular formula is C28H44N3O6P. The average molecular weight is 550 g/mol. The summed E-state index contributed by atoms with van der Waals surface area (Å²) in [5.74, 6) is 0.365. The van der Waals surface area contributed by atoms with Crippen LogP contribution in [0.2, 0.25) is 0 Å². The van der Waals surface area contributed by atoms with Gasteiger partial charge in [-0.1, -0.05) is 25.7 Å². The molecule has 0 saturated heterocycles. The van der Waals surface area contributed by atoms with Gasteiger partial charge in [0.25, 0.3) is 0 Å². The summed E-state index contributed by atoms with van der Waals surface area (Å²) in [5.41, 5.74) is 2.11. The molecule has 0 spiro atoms. The van der Waals surface area contributed by atoms with E-state index in [2.05, 4.69) is 9.99 Å². The zero-order valence-electron chi connectivity index (χ0n) is 23.2. The summed E-state index contributed by atoms with van der Waals surface area (Å²) >= 11 is 0. The Kier molecular flexibility index (Phi) is 10.7. The highest BCUT2D eigenvalue weighted by atomic mass is 31.2. The maximum Gasteiger partial charge on any atom is 0.408 e. The van der Waals surface area contributed by atoms with E-state index in [-0.39, 0.29) is 25.5 Å². The average Bonchev–Trinajstić information content (AvgIpc) is 3.27.